The van der Waals surface area contributed by atoms with Crippen molar-refractivity contribution >= 4 is 5.69 Å². The van der Waals surface area contributed by atoms with Crippen LogP contribution in [0.5, 0.6) is 5.75 Å². The van der Waals surface area contributed by atoms with Gasteiger partial charge in [0.1, 0.15) is 12.4 Å². The van der Waals surface area contributed by atoms with E-state index in [2.05, 4.69) is 30.4 Å². The fourth-order valence-corrected chi connectivity index (χ4v) is 2.60. The van der Waals surface area contributed by atoms with Gasteiger partial charge in [0.2, 0.25) is 0 Å². The van der Waals surface area contributed by atoms with Gasteiger partial charge in [0.25, 0.3) is 6.43 Å². The van der Waals surface area contributed by atoms with Crippen LogP contribution in [-0.4, -0.2) is 13.0 Å². The van der Waals surface area contributed by atoms with Crippen molar-refractivity contribution in [2.75, 3.05) is 11.9 Å². The van der Waals surface area contributed by atoms with Gasteiger partial charge in [0.15, 0.2) is 0 Å². The molecule has 2 aromatic carbocycles. The van der Waals surface area contributed by atoms with E-state index >= 15 is 0 Å². The molecule has 122 valence electrons. The number of anilines is 1. The van der Waals surface area contributed by atoms with Crippen molar-refractivity contribution in [3.05, 3.63) is 59.2 Å². The zero-order valence-electron chi connectivity index (χ0n) is 12.9. The molecule has 0 saturated heterocycles. The fourth-order valence-electron chi connectivity index (χ4n) is 2.60. The second-order valence-corrected chi connectivity index (χ2v) is 5.61. The average Bonchev–Trinajstić information content (AvgIpc) is 3.01. The third-order valence-corrected chi connectivity index (χ3v) is 3.86. The van der Waals surface area contributed by atoms with Crippen molar-refractivity contribution in [1.29, 1.82) is 0 Å². The Morgan fingerprint density at radius 3 is 2.57 bits per heavy atom. The molecule has 23 heavy (non-hydrogen) atoms. The number of hydrogen-bond donors (Lipinski definition) is 1. The Balaban J connectivity index is 1.62. The summed E-state index contributed by atoms with van der Waals surface area (Å²) in [4.78, 5) is 0. The van der Waals surface area contributed by atoms with Crippen LogP contribution in [0.25, 0.3) is 0 Å². The minimum Gasteiger partial charge on any atom is -0.488 e. The van der Waals surface area contributed by atoms with Crippen molar-refractivity contribution in [2.45, 2.75) is 32.6 Å². The minimum atomic E-state index is -2.46. The minimum absolute atomic E-state index is 0.133. The summed E-state index contributed by atoms with van der Waals surface area (Å²) in [7, 11) is 0. The van der Waals surface area contributed by atoms with E-state index in [0.29, 0.717) is 19.0 Å². The van der Waals surface area contributed by atoms with E-state index in [-0.39, 0.29) is 6.04 Å². The van der Waals surface area contributed by atoms with Gasteiger partial charge in [0, 0.05) is 11.7 Å². The van der Waals surface area contributed by atoms with Gasteiger partial charge in [-0.2, -0.15) is 0 Å². The van der Waals surface area contributed by atoms with Crippen molar-refractivity contribution < 1.29 is 18.3 Å². The Morgan fingerprint density at radius 1 is 1.09 bits per heavy atom. The summed E-state index contributed by atoms with van der Waals surface area (Å²) >= 11 is 0. The van der Waals surface area contributed by atoms with E-state index in [0.717, 1.165) is 5.69 Å². The first-order valence-electron chi connectivity index (χ1n) is 7.59. The molecule has 0 aromatic heterocycles. The van der Waals surface area contributed by atoms with E-state index in [1.165, 1.54) is 16.7 Å². The number of alkyl halides is 2. The zero-order chi connectivity index (χ0) is 16.2. The lowest BCUT2D eigenvalue weighted by molar-refractivity contribution is 0.0819. The van der Waals surface area contributed by atoms with Crippen LogP contribution in [0.1, 0.15) is 29.7 Å². The Hall–Kier alpha value is -2.14. The highest BCUT2D eigenvalue weighted by Crippen LogP contribution is 2.26. The first-order chi connectivity index (χ1) is 11.1. The normalized spacial score (nSPS) is 14.6. The molecule has 2 aromatic rings. The predicted octanol–water partition coefficient (Wildman–Crippen LogP) is 4.53. The topological polar surface area (TPSA) is 30.5 Å². The van der Waals surface area contributed by atoms with Crippen LogP contribution in [0.15, 0.2) is 42.5 Å². The second kappa shape index (κ2) is 6.96. The maximum absolute atomic E-state index is 12.1. The number of nitrogens with one attached hydrogen (secondary N) is 1. The standard InChI is InChI=1S/C18H19F2NO2/c1-12(13-2-3-14-9-22-10-15(14)8-13)21-16-4-6-17(7-5-16)23-11-18(19)20/h2-8,12,18,21H,9-11H2,1H3. The molecular weight excluding hydrogens is 300 g/mol. The van der Waals surface area contributed by atoms with Crippen molar-refractivity contribution in [3.63, 3.8) is 0 Å². The van der Waals surface area contributed by atoms with Crippen LogP contribution in [-0.2, 0) is 18.0 Å². The van der Waals surface area contributed by atoms with Crippen molar-refractivity contribution in [2.24, 2.45) is 0 Å². The molecule has 0 aliphatic carbocycles. The zero-order valence-corrected chi connectivity index (χ0v) is 12.9. The van der Waals surface area contributed by atoms with E-state index in [1.54, 1.807) is 12.1 Å². The SMILES string of the molecule is CC(Nc1ccc(OCC(F)F)cc1)c1ccc2c(c1)COC2. The molecule has 0 spiro atoms. The van der Waals surface area contributed by atoms with Crippen LogP contribution < -0.4 is 10.1 Å². The summed E-state index contributed by atoms with van der Waals surface area (Å²) in [6.07, 6.45) is -2.46. The molecule has 0 radical (unpaired) electrons. The molecule has 0 saturated carbocycles. The summed E-state index contributed by atoms with van der Waals surface area (Å²) in [5, 5.41) is 3.40. The van der Waals surface area contributed by atoms with Gasteiger partial charge in [-0.1, -0.05) is 18.2 Å². The molecule has 5 heteroatoms. The monoisotopic (exact) mass is 319 g/mol. The first kappa shape index (κ1) is 15.7. The highest BCUT2D eigenvalue weighted by Gasteiger charge is 2.14. The summed E-state index contributed by atoms with van der Waals surface area (Å²) in [5.74, 6) is 0.443. The summed E-state index contributed by atoms with van der Waals surface area (Å²) in [5.41, 5.74) is 4.60. The van der Waals surface area contributed by atoms with Gasteiger partial charge in [-0.05, 0) is 47.9 Å². The molecule has 1 heterocycles. The molecule has 0 fully saturated rings. The Bertz CT molecular complexity index is 659. The molecule has 1 aliphatic heterocycles. The van der Waals surface area contributed by atoms with E-state index in [4.69, 9.17) is 9.47 Å². The molecule has 1 N–H and O–H groups in total. The Kier molecular flexibility index (Phi) is 4.76. The van der Waals surface area contributed by atoms with E-state index in [1.807, 2.05) is 12.1 Å². The lowest BCUT2D eigenvalue weighted by atomic mass is 10.0. The summed E-state index contributed by atoms with van der Waals surface area (Å²) in [6, 6.07) is 13.5. The maximum atomic E-state index is 12.1. The maximum Gasteiger partial charge on any atom is 0.272 e. The predicted molar refractivity (Wildman–Crippen MR) is 84.9 cm³/mol. The second-order valence-electron chi connectivity index (χ2n) is 5.61. The lowest BCUT2D eigenvalue weighted by Crippen LogP contribution is -2.08. The van der Waals surface area contributed by atoms with Crippen LogP contribution in [0, 0.1) is 0 Å². The molecule has 1 aliphatic rings. The molecule has 3 rings (SSSR count). The lowest BCUT2D eigenvalue weighted by Gasteiger charge is -2.17. The third-order valence-electron chi connectivity index (χ3n) is 3.86. The first-order valence-corrected chi connectivity index (χ1v) is 7.59. The van der Waals surface area contributed by atoms with Gasteiger partial charge in [0.05, 0.1) is 13.2 Å². The highest BCUT2D eigenvalue weighted by molar-refractivity contribution is 5.48. The van der Waals surface area contributed by atoms with Gasteiger partial charge in [-0.15, -0.1) is 0 Å². The summed E-state index contributed by atoms with van der Waals surface area (Å²) in [6.45, 7) is 2.86. The Morgan fingerprint density at radius 2 is 1.83 bits per heavy atom. The van der Waals surface area contributed by atoms with Crippen LogP contribution in [0.2, 0.25) is 0 Å². The fraction of sp³-hybridized carbons (Fsp3) is 0.333. The smallest absolute Gasteiger partial charge is 0.272 e. The van der Waals surface area contributed by atoms with Gasteiger partial charge >= 0.3 is 0 Å². The molecular formula is C18H19F2NO2. The van der Waals surface area contributed by atoms with Crippen LogP contribution >= 0.6 is 0 Å². The molecule has 0 bridgehead atoms. The number of hydrogen-bond acceptors (Lipinski definition) is 3. The van der Waals surface area contributed by atoms with Crippen LogP contribution in [0.4, 0.5) is 14.5 Å². The van der Waals surface area contributed by atoms with Gasteiger partial charge < -0.3 is 14.8 Å². The van der Waals surface area contributed by atoms with Crippen LogP contribution in [0.3, 0.4) is 0 Å². The molecule has 1 atom stereocenters. The van der Waals surface area contributed by atoms with Gasteiger partial charge in [-0.3, -0.25) is 0 Å². The number of ether oxygens (including phenoxy) is 2. The van der Waals surface area contributed by atoms with E-state index < -0.39 is 13.0 Å². The summed E-state index contributed by atoms with van der Waals surface area (Å²) < 4.78 is 34.6. The highest BCUT2D eigenvalue weighted by atomic mass is 19.3. The van der Waals surface area contributed by atoms with E-state index in [9.17, 15) is 8.78 Å². The van der Waals surface area contributed by atoms with Gasteiger partial charge in [-0.25, -0.2) is 8.78 Å². The number of rotatable bonds is 6. The van der Waals surface area contributed by atoms with Crippen molar-refractivity contribution in [1.82, 2.24) is 0 Å². The molecule has 3 nitrogen and oxygen atoms in total. The average molecular weight is 319 g/mol. The third kappa shape index (κ3) is 3.99. The largest absolute Gasteiger partial charge is 0.488 e. The number of halogens is 2. The Labute approximate surface area is 134 Å². The quantitative estimate of drug-likeness (QED) is 0.848. The van der Waals surface area contributed by atoms with Crippen molar-refractivity contribution in [3.8, 4) is 5.75 Å². The number of fused-ring (bicyclic) bond motifs is 1. The molecule has 1 unspecified atom stereocenters. The molecule has 0 amide bonds. The number of benzene rings is 2.